The number of aryl methyl sites for hydroxylation is 1. The smallest absolute Gasteiger partial charge is 0.0754 e. The van der Waals surface area contributed by atoms with E-state index < -0.39 is 0 Å². The van der Waals surface area contributed by atoms with Crippen molar-refractivity contribution in [1.82, 2.24) is 0 Å². The molecule has 1 atom stereocenters. The monoisotopic (exact) mass is 234 g/mol. The van der Waals surface area contributed by atoms with Gasteiger partial charge in [0.25, 0.3) is 0 Å². The van der Waals surface area contributed by atoms with Gasteiger partial charge in [0.1, 0.15) is 0 Å². The Balaban J connectivity index is 2.24. The molecular formula is C14H22N2O. The Morgan fingerprint density at radius 2 is 2.29 bits per heavy atom. The lowest BCUT2D eigenvalue weighted by molar-refractivity contribution is 0.0396. The van der Waals surface area contributed by atoms with Crippen molar-refractivity contribution in [1.29, 1.82) is 0 Å². The second-order valence-electron chi connectivity index (χ2n) is 4.98. The molecule has 1 aromatic rings. The van der Waals surface area contributed by atoms with Crippen molar-refractivity contribution in [3.05, 3.63) is 29.8 Å². The zero-order valence-electron chi connectivity index (χ0n) is 10.8. The van der Waals surface area contributed by atoms with Gasteiger partial charge in [-0.3, -0.25) is 0 Å². The topological polar surface area (TPSA) is 38.5 Å². The molecule has 17 heavy (non-hydrogen) atoms. The Morgan fingerprint density at radius 3 is 2.88 bits per heavy atom. The van der Waals surface area contributed by atoms with Crippen molar-refractivity contribution in [2.45, 2.75) is 25.3 Å². The number of hydrogen-bond acceptors (Lipinski definition) is 3. The van der Waals surface area contributed by atoms with Gasteiger partial charge in [0.05, 0.1) is 12.1 Å². The number of rotatable bonds is 3. The van der Waals surface area contributed by atoms with E-state index >= 15 is 0 Å². The molecule has 1 heterocycles. The van der Waals surface area contributed by atoms with Gasteiger partial charge in [-0.1, -0.05) is 12.1 Å². The molecule has 3 nitrogen and oxygen atoms in total. The van der Waals surface area contributed by atoms with Gasteiger partial charge in [0.2, 0.25) is 0 Å². The van der Waals surface area contributed by atoms with Gasteiger partial charge in [0.15, 0.2) is 0 Å². The van der Waals surface area contributed by atoms with Crippen LogP contribution in [0, 0.1) is 6.92 Å². The van der Waals surface area contributed by atoms with E-state index in [1.165, 1.54) is 11.3 Å². The zero-order chi connectivity index (χ0) is 12.3. The number of anilines is 1. The van der Waals surface area contributed by atoms with Crippen LogP contribution in [0.2, 0.25) is 0 Å². The van der Waals surface area contributed by atoms with Crippen LogP contribution in [-0.4, -0.2) is 32.3 Å². The van der Waals surface area contributed by atoms with E-state index in [1.807, 2.05) is 0 Å². The van der Waals surface area contributed by atoms with Crippen LogP contribution in [0.15, 0.2) is 24.3 Å². The molecule has 0 spiro atoms. The first-order chi connectivity index (χ1) is 8.18. The Kier molecular flexibility index (Phi) is 3.69. The van der Waals surface area contributed by atoms with E-state index in [0.29, 0.717) is 6.54 Å². The number of likely N-dealkylation sites (N-methyl/N-ethyl adjacent to an activating group) is 1. The highest BCUT2D eigenvalue weighted by atomic mass is 16.5. The van der Waals surface area contributed by atoms with Crippen molar-refractivity contribution < 1.29 is 4.74 Å². The lowest BCUT2D eigenvalue weighted by atomic mass is 9.90. The van der Waals surface area contributed by atoms with Crippen LogP contribution < -0.4 is 10.6 Å². The quantitative estimate of drug-likeness (QED) is 0.868. The Hall–Kier alpha value is -1.06. The second-order valence-corrected chi connectivity index (χ2v) is 4.98. The minimum absolute atomic E-state index is 0.0357. The van der Waals surface area contributed by atoms with Crippen molar-refractivity contribution in [2.75, 3.05) is 31.7 Å². The first-order valence-corrected chi connectivity index (χ1v) is 6.26. The molecule has 1 unspecified atom stereocenters. The van der Waals surface area contributed by atoms with Crippen molar-refractivity contribution >= 4 is 5.69 Å². The van der Waals surface area contributed by atoms with Crippen LogP contribution in [0.1, 0.15) is 18.4 Å². The van der Waals surface area contributed by atoms with Crippen molar-refractivity contribution in [3.63, 3.8) is 0 Å². The molecule has 0 aromatic heterocycles. The predicted molar refractivity (Wildman–Crippen MR) is 71.4 cm³/mol. The highest BCUT2D eigenvalue weighted by Gasteiger charge is 2.35. The minimum atomic E-state index is -0.0357. The standard InChI is InChI=1S/C14H22N2O/c1-12-5-3-6-13(9-12)16(2)14(10-15)7-4-8-17-11-14/h3,5-6,9H,4,7-8,10-11,15H2,1-2H3. The summed E-state index contributed by atoms with van der Waals surface area (Å²) in [5, 5.41) is 0. The van der Waals surface area contributed by atoms with Gasteiger partial charge >= 0.3 is 0 Å². The molecule has 0 amide bonds. The van der Waals surface area contributed by atoms with Crippen LogP contribution in [0.25, 0.3) is 0 Å². The van der Waals surface area contributed by atoms with Gasteiger partial charge in [0, 0.05) is 25.9 Å². The number of benzene rings is 1. The first-order valence-electron chi connectivity index (χ1n) is 6.26. The zero-order valence-corrected chi connectivity index (χ0v) is 10.8. The third-order valence-electron chi connectivity index (χ3n) is 3.78. The predicted octanol–water partition coefficient (Wildman–Crippen LogP) is 1.94. The number of nitrogens with zero attached hydrogens (tertiary/aromatic N) is 1. The maximum absolute atomic E-state index is 5.99. The average molecular weight is 234 g/mol. The maximum atomic E-state index is 5.99. The Bertz CT molecular complexity index is 372. The largest absolute Gasteiger partial charge is 0.379 e. The molecule has 1 aromatic carbocycles. The molecule has 0 bridgehead atoms. The van der Waals surface area contributed by atoms with Crippen LogP contribution in [-0.2, 0) is 4.74 Å². The number of hydrogen-bond donors (Lipinski definition) is 1. The summed E-state index contributed by atoms with van der Waals surface area (Å²) in [5.74, 6) is 0. The van der Waals surface area contributed by atoms with E-state index in [4.69, 9.17) is 10.5 Å². The second kappa shape index (κ2) is 5.07. The van der Waals surface area contributed by atoms with E-state index in [9.17, 15) is 0 Å². The maximum Gasteiger partial charge on any atom is 0.0754 e. The first kappa shape index (κ1) is 12.4. The Morgan fingerprint density at radius 1 is 1.47 bits per heavy atom. The van der Waals surface area contributed by atoms with Crippen LogP contribution >= 0.6 is 0 Å². The molecule has 0 saturated carbocycles. The molecule has 3 heteroatoms. The highest BCUT2D eigenvalue weighted by molar-refractivity contribution is 5.50. The molecule has 1 aliphatic heterocycles. The number of nitrogens with two attached hydrogens (primary N) is 1. The summed E-state index contributed by atoms with van der Waals surface area (Å²) in [6, 6.07) is 8.55. The van der Waals surface area contributed by atoms with Crippen LogP contribution in [0.4, 0.5) is 5.69 Å². The summed E-state index contributed by atoms with van der Waals surface area (Å²) in [7, 11) is 2.12. The van der Waals surface area contributed by atoms with Crippen molar-refractivity contribution in [3.8, 4) is 0 Å². The fourth-order valence-corrected chi connectivity index (χ4v) is 2.51. The summed E-state index contributed by atoms with van der Waals surface area (Å²) in [6.07, 6.45) is 2.20. The van der Waals surface area contributed by atoms with Crippen LogP contribution in [0.5, 0.6) is 0 Å². The van der Waals surface area contributed by atoms with E-state index in [-0.39, 0.29) is 5.54 Å². The molecule has 2 N–H and O–H groups in total. The fourth-order valence-electron chi connectivity index (χ4n) is 2.51. The van der Waals surface area contributed by atoms with E-state index in [2.05, 4.69) is 43.1 Å². The molecule has 2 rings (SSSR count). The lowest BCUT2D eigenvalue weighted by Crippen LogP contribution is -2.57. The average Bonchev–Trinajstić information content (AvgIpc) is 2.38. The summed E-state index contributed by atoms with van der Waals surface area (Å²) in [6.45, 7) is 4.35. The third-order valence-corrected chi connectivity index (χ3v) is 3.78. The van der Waals surface area contributed by atoms with Gasteiger partial charge in [-0.25, -0.2) is 0 Å². The molecule has 0 aliphatic carbocycles. The van der Waals surface area contributed by atoms with E-state index in [0.717, 1.165) is 26.1 Å². The molecule has 0 radical (unpaired) electrons. The summed E-state index contributed by atoms with van der Waals surface area (Å²) >= 11 is 0. The highest BCUT2D eigenvalue weighted by Crippen LogP contribution is 2.29. The van der Waals surface area contributed by atoms with E-state index in [1.54, 1.807) is 0 Å². The molecule has 94 valence electrons. The fraction of sp³-hybridized carbons (Fsp3) is 0.571. The molecular weight excluding hydrogens is 212 g/mol. The van der Waals surface area contributed by atoms with Gasteiger partial charge in [-0.2, -0.15) is 0 Å². The van der Waals surface area contributed by atoms with Crippen LogP contribution in [0.3, 0.4) is 0 Å². The molecule has 1 fully saturated rings. The summed E-state index contributed by atoms with van der Waals surface area (Å²) < 4.78 is 5.63. The number of ether oxygens (including phenoxy) is 1. The van der Waals surface area contributed by atoms with Crippen molar-refractivity contribution in [2.24, 2.45) is 5.73 Å². The molecule has 1 aliphatic rings. The lowest BCUT2D eigenvalue weighted by Gasteiger charge is -2.45. The molecule has 1 saturated heterocycles. The summed E-state index contributed by atoms with van der Waals surface area (Å²) in [4.78, 5) is 2.29. The normalized spacial score (nSPS) is 24.6. The minimum Gasteiger partial charge on any atom is -0.379 e. The van der Waals surface area contributed by atoms with Gasteiger partial charge in [-0.15, -0.1) is 0 Å². The SMILES string of the molecule is Cc1cccc(N(C)C2(CN)CCCOC2)c1. The van der Waals surface area contributed by atoms with Gasteiger partial charge in [-0.05, 0) is 37.5 Å². The summed E-state index contributed by atoms with van der Waals surface area (Å²) in [5.41, 5.74) is 8.46. The third kappa shape index (κ3) is 2.45. The Labute approximate surface area is 104 Å². The van der Waals surface area contributed by atoms with Gasteiger partial charge < -0.3 is 15.4 Å².